The van der Waals surface area contributed by atoms with Crippen molar-refractivity contribution in [1.29, 1.82) is 0 Å². The monoisotopic (exact) mass is 460 g/mol. The SMILES string of the molecule is CCOC(=O)c1cccc(NC(=O)[C@H]2CCCN(c3nccnc3Oc3ccc(C)cc3)C2)c1. The van der Waals surface area contributed by atoms with Crippen molar-refractivity contribution in [2.45, 2.75) is 26.7 Å². The van der Waals surface area contributed by atoms with Crippen molar-refractivity contribution in [3.63, 3.8) is 0 Å². The highest BCUT2D eigenvalue weighted by Crippen LogP contribution is 2.31. The van der Waals surface area contributed by atoms with E-state index in [1.165, 1.54) is 0 Å². The lowest BCUT2D eigenvalue weighted by molar-refractivity contribution is -0.120. The number of anilines is 2. The normalized spacial score (nSPS) is 15.5. The highest BCUT2D eigenvalue weighted by Gasteiger charge is 2.29. The Morgan fingerprint density at radius 3 is 2.71 bits per heavy atom. The molecule has 176 valence electrons. The van der Waals surface area contributed by atoms with Crippen molar-refractivity contribution in [2.24, 2.45) is 5.92 Å². The molecule has 1 fully saturated rings. The predicted octanol–water partition coefficient (Wildman–Crippen LogP) is 4.61. The Morgan fingerprint density at radius 1 is 1.12 bits per heavy atom. The van der Waals surface area contributed by atoms with E-state index in [2.05, 4.69) is 15.3 Å². The standard InChI is InChI=1S/C26H28N4O4/c1-3-33-26(32)19-6-4-8-21(16-19)29-24(31)20-7-5-15-30(17-20)23-25(28-14-13-27-23)34-22-11-9-18(2)10-12-22/h4,6,8-14,16,20H,3,5,7,15,17H2,1-2H3,(H,29,31)/t20-/m0/s1. The maximum Gasteiger partial charge on any atom is 0.338 e. The zero-order valence-electron chi connectivity index (χ0n) is 19.4. The van der Waals surface area contributed by atoms with Gasteiger partial charge in [0.25, 0.3) is 5.88 Å². The van der Waals surface area contributed by atoms with E-state index >= 15 is 0 Å². The largest absolute Gasteiger partial charge is 0.462 e. The lowest BCUT2D eigenvalue weighted by Crippen LogP contribution is -2.41. The van der Waals surface area contributed by atoms with Crippen LogP contribution in [0.1, 0.15) is 35.7 Å². The third kappa shape index (κ3) is 5.70. The van der Waals surface area contributed by atoms with Crippen LogP contribution >= 0.6 is 0 Å². The molecule has 0 radical (unpaired) electrons. The molecule has 0 spiro atoms. The molecule has 1 saturated heterocycles. The van der Waals surface area contributed by atoms with Crippen LogP contribution in [0, 0.1) is 12.8 Å². The second-order valence-electron chi connectivity index (χ2n) is 8.18. The number of aryl methyl sites for hydroxylation is 1. The molecule has 34 heavy (non-hydrogen) atoms. The van der Waals surface area contributed by atoms with E-state index in [0.29, 0.717) is 41.8 Å². The zero-order chi connectivity index (χ0) is 23.9. The molecule has 0 saturated carbocycles. The van der Waals surface area contributed by atoms with Gasteiger partial charge in [-0.3, -0.25) is 4.79 Å². The van der Waals surface area contributed by atoms with Crippen LogP contribution < -0.4 is 15.0 Å². The fourth-order valence-electron chi connectivity index (χ4n) is 3.89. The minimum absolute atomic E-state index is 0.101. The lowest BCUT2D eigenvalue weighted by atomic mass is 9.97. The topological polar surface area (TPSA) is 93.7 Å². The van der Waals surface area contributed by atoms with Gasteiger partial charge in [0.2, 0.25) is 5.91 Å². The minimum Gasteiger partial charge on any atom is -0.462 e. The van der Waals surface area contributed by atoms with Crippen molar-refractivity contribution < 1.29 is 19.1 Å². The number of ether oxygens (including phenoxy) is 2. The van der Waals surface area contributed by atoms with E-state index in [0.717, 1.165) is 24.9 Å². The van der Waals surface area contributed by atoms with Crippen molar-refractivity contribution in [3.05, 3.63) is 72.1 Å². The molecular weight excluding hydrogens is 432 g/mol. The smallest absolute Gasteiger partial charge is 0.338 e. The van der Waals surface area contributed by atoms with Crippen LogP contribution in [-0.2, 0) is 9.53 Å². The molecule has 0 unspecified atom stereocenters. The maximum atomic E-state index is 13.0. The summed E-state index contributed by atoms with van der Waals surface area (Å²) in [6.45, 7) is 5.32. The zero-order valence-corrected chi connectivity index (χ0v) is 19.4. The molecule has 8 nitrogen and oxygen atoms in total. The first-order chi connectivity index (χ1) is 16.5. The lowest BCUT2D eigenvalue weighted by Gasteiger charge is -2.33. The second kappa shape index (κ2) is 10.8. The Morgan fingerprint density at radius 2 is 1.91 bits per heavy atom. The van der Waals surface area contributed by atoms with Crippen LogP contribution in [0.5, 0.6) is 11.6 Å². The Balaban J connectivity index is 1.45. The summed E-state index contributed by atoms with van der Waals surface area (Å²) in [6, 6.07) is 14.5. The first-order valence-corrected chi connectivity index (χ1v) is 11.4. The molecule has 1 aliphatic heterocycles. The summed E-state index contributed by atoms with van der Waals surface area (Å²) in [5.74, 6) is 0.954. The third-order valence-electron chi connectivity index (χ3n) is 5.62. The summed E-state index contributed by atoms with van der Waals surface area (Å²) in [4.78, 5) is 36.0. The van der Waals surface area contributed by atoms with Gasteiger partial charge in [-0.1, -0.05) is 23.8 Å². The number of nitrogens with zero attached hydrogens (tertiary/aromatic N) is 3. The Bertz CT molecular complexity index is 1150. The van der Waals surface area contributed by atoms with E-state index in [1.807, 2.05) is 36.1 Å². The quantitative estimate of drug-likeness (QED) is 0.515. The van der Waals surface area contributed by atoms with Gasteiger partial charge in [-0.25, -0.2) is 14.8 Å². The van der Waals surface area contributed by atoms with Crippen molar-refractivity contribution >= 4 is 23.4 Å². The molecule has 1 aliphatic rings. The summed E-state index contributed by atoms with van der Waals surface area (Å²) in [7, 11) is 0. The summed E-state index contributed by atoms with van der Waals surface area (Å²) < 4.78 is 11.0. The van der Waals surface area contributed by atoms with Crippen LogP contribution in [0.15, 0.2) is 60.9 Å². The molecule has 0 aliphatic carbocycles. The van der Waals surface area contributed by atoms with Gasteiger partial charge in [-0.15, -0.1) is 0 Å². The van der Waals surface area contributed by atoms with Gasteiger partial charge in [0, 0.05) is 31.2 Å². The van der Waals surface area contributed by atoms with Crippen LogP contribution in [-0.4, -0.2) is 41.5 Å². The Hall–Kier alpha value is -3.94. The van der Waals surface area contributed by atoms with Gasteiger partial charge in [0.05, 0.1) is 18.1 Å². The van der Waals surface area contributed by atoms with Crippen LogP contribution in [0.4, 0.5) is 11.5 Å². The maximum absolute atomic E-state index is 13.0. The van der Waals surface area contributed by atoms with Crippen LogP contribution in [0.3, 0.4) is 0 Å². The van der Waals surface area contributed by atoms with Gasteiger partial charge in [-0.05, 0) is 57.0 Å². The van der Waals surface area contributed by atoms with Gasteiger partial charge in [0.1, 0.15) is 5.75 Å². The summed E-state index contributed by atoms with van der Waals surface area (Å²) >= 11 is 0. The third-order valence-corrected chi connectivity index (χ3v) is 5.62. The number of hydrogen-bond acceptors (Lipinski definition) is 7. The number of esters is 1. The number of hydrogen-bond donors (Lipinski definition) is 1. The van der Waals surface area contributed by atoms with Crippen LogP contribution in [0.2, 0.25) is 0 Å². The van der Waals surface area contributed by atoms with Gasteiger partial charge < -0.3 is 19.7 Å². The number of nitrogens with one attached hydrogen (secondary N) is 1. The van der Waals surface area contributed by atoms with Crippen LogP contribution in [0.25, 0.3) is 0 Å². The average molecular weight is 461 g/mol. The average Bonchev–Trinajstić information content (AvgIpc) is 2.86. The number of amides is 1. The molecule has 2 heterocycles. The minimum atomic E-state index is -0.411. The molecule has 1 N–H and O–H groups in total. The van der Waals surface area contributed by atoms with E-state index in [4.69, 9.17) is 9.47 Å². The summed E-state index contributed by atoms with van der Waals surface area (Å²) in [6.07, 6.45) is 4.81. The number of piperidine rings is 1. The van der Waals surface area contributed by atoms with E-state index in [1.54, 1.807) is 43.6 Å². The van der Waals surface area contributed by atoms with Gasteiger partial charge in [-0.2, -0.15) is 0 Å². The number of carbonyl (C=O) groups excluding carboxylic acids is 2. The van der Waals surface area contributed by atoms with Gasteiger partial charge >= 0.3 is 5.97 Å². The number of aromatic nitrogens is 2. The predicted molar refractivity (Wildman–Crippen MR) is 129 cm³/mol. The highest BCUT2D eigenvalue weighted by atomic mass is 16.5. The fraction of sp³-hybridized carbons (Fsp3) is 0.308. The van der Waals surface area contributed by atoms with E-state index in [9.17, 15) is 9.59 Å². The fourth-order valence-corrected chi connectivity index (χ4v) is 3.89. The summed E-state index contributed by atoms with van der Waals surface area (Å²) in [5, 5.41) is 2.94. The van der Waals surface area contributed by atoms with E-state index < -0.39 is 5.97 Å². The molecule has 1 amide bonds. The molecule has 8 heteroatoms. The van der Waals surface area contributed by atoms with Crippen molar-refractivity contribution in [1.82, 2.24) is 9.97 Å². The Labute approximate surface area is 198 Å². The number of benzene rings is 2. The first-order valence-electron chi connectivity index (χ1n) is 11.4. The molecule has 2 aromatic carbocycles. The van der Waals surface area contributed by atoms with E-state index in [-0.39, 0.29) is 11.8 Å². The second-order valence-corrected chi connectivity index (χ2v) is 8.18. The number of carbonyl (C=O) groups is 2. The first kappa shape index (κ1) is 23.2. The van der Waals surface area contributed by atoms with Crippen molar-refractivity contribution in [3.8, 4) is 11.6 Å². The molecular formula is C26H28N4O4. The molecule has 1 aromatic heterocycles. The number of rotatable bonds is 7. The van der Waals surface area contributed by atoms with Gasteiger partial charge in [0.15, 0.2) is 5.82 Å². The molecule has 3 aromatic rings. The molecule has 4 rings (SSSR count). The molecule has 0 bridgehead atoms. The Kier molecular flexibility index (Phi) is 7.37. The van der Waals surface area contributed by atoms with Crippen molar-refractivity contribution in [2.75, 3.05) is 29.9 Å². The highest BCUT2D eigenvalue weighted by molar-refractivity contribution is 5.95. The molecule has 1 atom stereocenters. The summed E-state index contributed by atoms with van der Waals surface area (Å²) in [5.41, 5.74) is 2.11.